The van der Waals surface area contributed by atoms with Crippen molar-refractivity contribution in [1.29, 1.82) is 5.26 Å². The summed E-state index contributed by atoms with van der Waals surface area (Å²) >= 11 is 5.84. The zero-order valence-electron chi connectivity index (χ0n) is 18.0. The summed E-state index contributed by atoms with van der Waals surface area (Å²) in [5.41, 5.74) is -4.51. The molecule has 1 N–H and O–H groups in total. The standard InChI is InChI=1S/C23H16ClF3N4O4/c1-22(13-34-17-6-4-15(24)5-7-17,35-20(32)14-3-2-8-29-11-14)21(33)31-16-9-18(23(25,26)27)19(10-28)30-12-16/h2-9,11-12H,13H2,1H3,(H,31,33)/t22-/m0/s1. The zero-order chi connectivity index (χ0) is 25.6. The van der Waals surface area contributed by atoms with Gasteiger partial charge in [0.05, 0.1) is 23.0 Å². The summed E-state index contributed by atoms with van der Waals surface area (Å²) in [6.45, 7) is 0.733. The van der Waals surface area contributed by atoms with Crippen LogP contribution in [0.15, 0.2) is 61.1 Å². The number of rotatable bonds is 7. The number of hydrogen-bond donors (Lipinski definition) is 1. The molecule has 0 aliphatic rings. The molecule has 0 aliphatic heterocycles. The van der Waals surface area contributed by atoms with Crippen LogP contribution in [0.2, 0.25) is 5.02 Å². The lowest BCUT2D eigenvalue weighted by atomic mass is 10.1. The Balaban J connectivity index is 1.88. The maximum absolute atomic E-state index is 13.3. The van der Waals surface area contributed by atoms with Crippen LogP contribution in [0.3, 0.4) is 0 Å². The van der Waals surface area contributed by atoms with Crippen molar-refractivity contribution in [2.45, 2.75) is 18.7 Å². The maximum atomic E-state index is 13.3. The highest BCUT2D eigenvalue weighted by molar-refractivity contribution is 6.30. The molecule has 12 heteroatoms. The number of benzene rings is 1. The van der Waals surface area contributed by atoms with Crippen molar-refractivity contribution in [3.8, 4) is 11.8 Å². The van der Waals surface area contributed by atoms with Crippen molar-refractivity contribution in [2.24, 2.45) is 0 Å². The number of carbonyl (C=O) groups is 2. The fourth-order valence-corrected chi connectivity index (χ4v) is 2.87. The van der Waals surface area contributed by atoms with Crippen LogP contribution >= 0.6 is 11.6 Å². The Labute approximate surface area is 202 Å². The number of esters is 1. The molecule has 1 aromatic carbocycles. The van der Waals surface area contributed by atoms with Gasteiger partial charge < -0.3 is 14.8 Å². The molecule has 35 heavy (non-hydrogen) atoms. The van der Waals surface area contributed by atoms with Crippen LogP contribution in [0.25, 0.3) is 0 Å². The number of hydrogen-bond acceptors (Lipinski definition) is 7. The van der Waals surface area contributed by atoms with Crippen LogP contribution in [0.5, 0.6) is 5.75 Å². The lowest BCUT2D eigenvalue weighted by Crippen LogP contribution is -2.49. The van der Waals surface area contributed by atoms with E-state index in [1.165, 1.54) is 61.8 Å². The number of nitrogens with one attached hydrogen (secondary N) is 1. The van der Waals surface area contributed by atoms with E-state index < -0.39 is 41.5 Å². The van der Waals surface area contributed by atoms with Gasteiger partial charge in [-0.25, -0.2) is 9.78 Å². The van der Waals surface area contributed by atoms with E-state index in [0.29, 0.717) is 16.8 Å². The van der Waals surface area contributed by atoms with Crippen LogP contribution in [-0.2, 0) is 15.7 Å². The SMILES string of the molecule is C[C@@](COc1ccc(Cl)cc1)(OC(=O)c1cccnc1)C(=O)Nc1cnc(C#N)c(C(F)(F)F)c1. The van der Waals surface area contributed by atoms with Gasteiger partial charge in [0.15, 0.2) is 5.69 Å². The second-order valence-corrected chi connectivity index (χ2v) is 7.72. The zero-order valence-corrected chi connectivity index (χ0v) is 18.7. The Morgan fingerprint density at radius 1 is 1.17 bits per heavy atom. The lowest BCUT2D eigenvalue weighted by Gasteiger charge is -2.28. The average Bonchev–Trinajstić information content (AvgIpc) is 2.83. The topological polar surface area (TPSA) is 114 Å². The van der Waals surface area contributed by atoms with E-state index in [0.717, 1.165) is 6.20 Å². The molecule has 3 rings (SSSR count). The van der Waals surface area contributed by atoms with Crippen LogP contribution in [-0.4, -0.2) is 34.1 Å². The molecule has 0 saturated carbocycles. The van der Waals surface area contributed by atoms with E-state index in [2.05, 4.69) is 15.3 Å². The van der Waals surface area contributed by atoms with Crippen molar-refractivity contribution in [2.75, 3.05) is 11.9 Å². The molecule has 0 saturated heterocycles. The van der Waals surface area contributed by atoms with E-state index in [1.807, 2.05) is 0 Å². The number of halogens is 4. The number of carbonyl (C=O) groups excluding carboxylic acids is 2. The van der Waals surface area contributed by atoms with Gasteiger partial charge in [-0.05, 0) is 49.4 Å². The molecule has 0 unspecified atom stereocenters. The summed E-state index contributed by atoms with van der Waals surface area (Å²) in [7, 11) is 0. The largest absolute Gasteiger partial charge is 0.489 e. The van der Waals surface area contributed by atoms with Gasteiger partial charge in [0.25, 0.3) is 5.91 Å². The van der Waals surface area contributed by atoms with Crippen molar-refractivity contribution < 1.29 is 32.2 Å². The number of pyridine rings is 2. The van der Waals surface area contributed by atoms with Crippen molar-refractivity contribution in [1.82, 2.24) is 9.97 Å². The summed E-state index contributed by atoms with van der Waals surface area (Å²) < 4.78 is 50.8. The molecule has 0 radical (unpaired) electrons. The number of nitrogens with zero attached hydrogens (tertiary/aromatic N) is 3. The Hall–Kier alpha value is -4.17. The molecule has 0 bridgehead atoms. The molecular weight excluding hydrogens is 489 g/mol. The van der Waals surface area contributed by atoms with Gasteiger partial charge in [-0.3, -0.25) is 9.78 Å². The second kappa shape index (κ2) is 10.4. The van der Waals surface area contributed by atoms with Crippen LogP contribution in [0, 0.1) is 11.3 Å². The number of nitriles is 1. The predicted molar refractivity (Wildman–Crippen MR) is 118 cm³/mol. The lowest BCUT2D eigenvalue weighted by molar-refractivity contribution is -0.138. The number of alkyl halides is 3. The minimum atomic E-state index is -4.88. The smallest absolute Gasteiger partial charge is 0.419 e. The Bertz CT molecular complexity index is 1260. The van der Waals surface area contributed by atoms with Gasteiger partial charge in [0.1, 0.15) is 18.4 Å². The second-order valence-electron chi connectivity index (χ2n) is 7.29. The van der Waals surface area contributed by atoms with Crippen molar-refractivity contribution in [3.05, 3.63) is 82.9 Å². The fourth-order valence-electron chi connectivity index (χ4n) is 2.74. The normalized spacial score (nSPS) is 12.7. The van der Waals surface area contributed by atoms with Gasteiger partial charge in [-0.2, -0.15) is 18.4 Å². The van der Waals surface area contributed by atoms with Crippen molar-refractivity contribution >= 4 is 29.2 Å². The van der Waals surface area contributed by atoms with E-state index in [-0.39, 0.29) is 11.3 Å². The molecule has 8 nitrogen and oxygen atoms in total. The molecule has 3 aromatic rings. The quantitative estimate of drug-likeness (QED) is 0.466. The summed E-state index contributed by atoms with van der Waals surface area (Å²) in [5.74, 6) is -1.61. The molecule has 0 fully saturated rings. The average molecular weight is 505 g/mol. The number of anilines is 1. The van der Waals surface area contributed by atoms with E-state index >= 15 is 0 Å². The van der Waals surface area contributed by atoms with E-state index in [9.17, 15) is 22.8 Å². The molecule has 2 heterocycles. The van der Waals surface area contributed by atoms with Crippen LogP contribution in [0.4, 0.5) is 18.9 Å². The highest BCUT2D eigenvalue weighted by Gasteiger charge is 2.40. The molecule has 1 atom stereocenters. The third-order valence-corrected chi connectivity index (χ3v) is 4.83. The highest BCUT2D eigenvalue weighted by Crippen LogP contribution is 2.33. The van der Waals surface area contributed by atoms with Crippen LogP contribution in [0.1, 0.15) is 28.5 Å². The molecule has 180 valence electrons. The first kappa shape index (κ1) is 25.5. The maximum Gasteiger partial charge on any atom is 0.419 e. The van der Waals surface area contributed by atoms with Gasteiger partial charge in [0, 0.05) is 17.4 Å². The summed E-state index contributed by atoms with van der Waals surface area (Å²) in [6.07, 6.45) is -1.34. The predicted octanol–water partition coefficient (Wildman–Crippen LogP) is 4.65. The molecule has 0 aliphatic carbocycles. The van der Waals surface area contributed by atoms with Gasteiger partial charge in [-0.1, -0.05) is 11.6 Å². The van der Waals surface area contributed by atoms with Gasteiger partial charge >= 0.3 is 12.1 Å². The third kappa shape index (κ3) is 6.45. The van der Waals surface area contributed by atoms with Crippen molar-refractivity contribution in [3.63, 3.8) is 0 Å². The summed E-state index contributed by atoms with van der Waals surface area (Å²) in [4.78, 5) is 33.0. The molecule has 0 spiro atoms. The first-order valence-corrected chi connectivity index (χ1v) is 10.2. The minimum absolute atomic E-state index is 0.0393. The summed E-state index contributed by atoms with van der Waals surface area (Å²) in [5, 5.41) is 11.6. The Morgan fingerprint density at radius 3 is 2.49 bits per heavy atom. The van der Waals surface area contributed by atoms with Crippen LogP contribution < -0.4 is 10.1 Å². The van der Waals surface area contributed by atoms with Gasteiger partial charge in [0.2, 0.25) is 5.60 Å². The third-order valence-electron chi connectivity index (χ3n) is 4.58. The minimum Gasteiger partial charge on any atom is -0.489 e. The number of ether oxygens (including phenoxy) is 2. The Kier molecular flexibility index (Phi) is 7.56. The summed E-state index contributed by atoms with van der Waals surface area (Å²) in [6, 6.07) is 10.9. The first-order valence-electron chi connectivity index (χ1n) is 9.82. The fraction of sp³-hybridized carbons (Fsp3) is 0.174. The monoisotopic (exact) mass is 504 g/mol. The van der Waals surface area contributed by atoms with E-state index in [1.54, 1.807) is 0 Å². The molecular formula is C23H16ClF3N4O4. The first-order chi connectivity index (χ1) is 16.5. The van der Waals surface area contributed by atoms with Gasteiger partial charge in [-0.15, -0.1) is 0 Å². The molecule has 2 aromatic heterocycles. The molecule has 1 amide bonds. The Morgan fingerprint density at radius 2 is 1.89 bits per heavy atom. The highest BCUT2D eigenvalue weighted by atomic mass is 35.5. The number of aromatic nitrogens is 2. The number of amides is 1. The van der Waals surface area contributed by atoms with E-state index in [4.69, 9.17) is 26.3 Å².